The van der Waals surface area contributed by atoms with E-state index in [1.54, 1.807) is 13.8 Å². The molecule has 14 heteroatoms. The van der Waals surface area contributed by atoms with E-state index in [0.29, 0.717) is 0 Å². The van der Waals surface area contributed by atoms with Crippen LogP contribution in [0.2, 0.25) is 0 Å². The van der Waals surface area contributed by atoms with E-state index in [0.717, 1.165) is 0 Å². The molecule has 0 bridgehead atoms. The Morgan fingerprint density at radius 1 is 0.781 bits per heavy atom. The summed E-state index contributed by atoms with van der Waals surface area (Å²) in [4.78, 5) is 70.0. The standard InChI is InChI=1S/C18H30N4O9S/c1-8(2)14(18(30)31)22-16(28)10(4-6-13(25)26)20-17(29)11(7-32)21-15(27)9(19)3-5-12(23)24/h8-11,14,32H,3-7,19H2,1-2H3,(H,20,29)(H,21,27)(H,22,28)(H,23,24)(H,25,26)(H,30,31). The molecule has 182 valence electrons. The zero-order valence-electron chi connectivity index (χ0n) is 17.7. The van der Waals surface area contributed by atoms with Crippen LogP contribution in [0.1, 0.15) is 39.5 Å². The third-order valence-electron chi connectivity index (χ3n) is 4.33. The topological polar surface area (TPSA) is 225 Å². The Labute approximate surface area is 189 Å². The number of nitrogens with one attached hydrogen (secondary N) is 3. The number of carboxylic acids is 3. The minimum absolute atomic E-state index is 0.169. The summed E-state index contributed by atoms with van der Waals surface area (Å²) < 4.78 is 0. The maximum absolute atomic E-state index is 12.6. The maximum Gasteiger partial charge on any atom is 0.326 e. The number of amides is 3. The molecule has 8 N–H and O–H groups in total. The molecule has 13 nitrogen and oxygen atoms in total. The molecule has 0 rings (SSSR count). The zero-order valence-corrected chi connectivity index (χ0v) is 18.6. The molecular weight excluding hydrogens is 448 g/mol. The predicted molar refractivity (Wildman–Crippen MR) is 114 cm³/mol. The number of thiol groups is 1. The predicted octanol–water partition coefficient (Wildman–Crippen LogP) is -1.83. The molecule has 3 amide bonds. The summed E-state index contributed by atoms with van der Waals surface area (Å²) in [7, 11) is 0. The Morgan fingerprint density at radius 2 is 1.25 bits per heavy atom. The van der Waals surface area contributed by atoms with Gasteiger partial charge in [0.05, 0.1) is 6.04 Å². The summed E-state index contributed by atoms with van der Waals surface area (Å²) in [5, 5.41) is 33.6. The van der Waals surface area contributed by atoms with E-state index in [1.807, 2.05) is 0 Å². The van der Waals surface area contributed by atoms with Crippen LogP contribution in [-0.4, -0.2) is 80.9 Å². The van der Waals surface area contributed by atoms with Crippen LogP contribution in [0.4, 0.5) is 0 Å². The van der Waals surface area contributed by atoms with Gasteiger partial charge in [-0.05, 0) is 18.8 Å². The fraction of sp³-hybridized carbons (Fsp3) is 0.667. The summed E-state index contributed by atoms with van der Waals surface area (Å²) in [6, 6.07) is -5.12. The highest BCUT2D eigenvalue weighted by atomic mass is 32.1. The second-order valence-corrected chi connectivity index (χ2v) is 7.71. The minimum Gasteiger partial charge on any atom is -0.481 e. The summed E-state index contributed by atoms with van der Waals surface area (Å²) in [6.07, 6.45) is -1.35. The lowest BCUT2D eigenvalue weighted by atomic mass is 10.0. The van der Waals surface area contributed by atoms with Crippen LogP contribution in [0.3, 0.4) is 0 Å². The second-order valence-electron chi connectivity index (χ2n) is 7.34. The van der Waals surface area contributed by atoms with Crippen molar-refractivity contribution in [1.82, 2.24) is 16.0 Å². The second kappa shape index (κ2) is 14.2. The van der Waals surface area contributed by atoms with Gasteiger partial charge in [-0.3, -0.25) is 24.0 Å². The van der Waals surface area contributed by atoms with Crippen LogP contribution < -0.4 is 21.7 Å². The van der Waals surface area contributed by atoms with Crippen molar-refractivity contribution in [2.24, 2.45) is 11.7 Å². The van der Waals surface area contributed by atoms with Crippen LogP contribution in [0.15, 0.2) is 0 Å². The van der Waals surface area contributed by atoms with Gasteiger partial charge >= 0.3 is 17.9 Å². The molecule has 0 fully saturated rings. The van der Waals surface area contributed by atoms with Gasteiger partial charge in [0.15, 0.2) is 0 Å². The van der Waals surface area contributed by atoms with Gasteiger partial charge in [-0.2, -0.15) is 12.6 Å². The third kappa shape index (κ3) is 10.9. The van der Waals surface area contributed by atoms with Crippen LogP contribution in [0.25, 0.3) is 0 Å². The van der Waals surface area contributed by atoms with Crippen molar-refractivity contribution in [1.29, 1.82) is 0 Å². The van der Waals surface area contributed by atoms with Gasteiger partial charge in [-0.15, -0.1) is 0 Å². The minimum atomic E-state index is -1.39. The van der Waals surface area contributed by atoms with E-state index in [9.17, 15) is 33.9 Å². The van der Waals surface area contributed by atoms with Gasteiger partial charge in [0, 0.05) is 18.6 Å². The molecule has 0 aromatic carbocycles. The normalized spacial score (nSPS) is 14.5. The Balaban J connectivity index is 5.28. The SMILES string of the molecule is CC(C)C(NC(=O)C(CCC(=O)O)NC(=O)C(CS)NC(=O)C(N)CCC(=O)O)C(=O)O. The number of nitrogens with two attached hydrogens (primary N) is 1. The number of aliphatic carboxylic acids is 3. The molecule has 4 unspecified atom stereocenters. The van der Waals surface area contributed by atoms with Crippen LogP contribution in [0, 0.1) is 5.92 Å². The quantitative estimate of drug-likeness (QED) is 0.123. The maximum atomic E-state index is 12.6. The summed E-state index contributed by atoms with van der Waals surface area (Å²) in [5.74, 6) is -6.96. The average Bonchev–Trinajstić information content (AvgIpc) is 2.69. The molecule has 4 atom stereocenters. The van der Waals surface area contributed by atoms with E-state index in [2.05, 4.69) is 28.6 Å². The summed E-state index contributed by atoms with van der Waals surface area (Å²) >= 11 is 3.97. The highest BCUT2D eigenvalue weighted by Gasteiger charge is 2.31. The molecule has 0 saturated carbocycles. The molecule has 0 aliphatic heterocycles. The van der Waals surface area contributed by atoms with Crippen molar-refractivity contribution < 1.29 is 44.1 Å². The number of carbonyl (C=O) groups excluding carboxylic acids is 3. The summed E-state index contributed by atoms with van der Waals surface area (Å²) in [5.41, 5.74) is 5.59. The molecule has 32 heavy (non-hydrogen) atoms. The Hall–Kier alpha value is -2.87. The van der Waals surface area contributed by atoms with E-state index in [-0.39, 0.29) is 25.0 Å². The molecule has 0 aliphatic carbocycles. The smallest absolute Gasteiger partial charge is 0.326 e. The largest absolute Gasteiger partial charge is 0.481 e. The molecule has 0 heterocycles. The lowest BCUT2D eigenvalue weighted by Crippen LogP contribution is -2.58. The summed E-state index contributed by atoms with van der Waals surface area (Å²) in [6.45, 7) is 3.12. The molecular formula is C18H30N4O9S. The molecule has 0 radical (unpaired) electrons. The monoisotopic (exact) mass is 478 g/mol. The van der Waals surface area contributed by atoms with Crippen molar-refractivity contribution in [2.75, 3.05) is 5.75 Å². The van der Waals surface area contributed by atoms with Gasteiger partial charge in [0.1, 0.15) is 18.1 Å². The van der Waals surface area contributed by atoms with Crippen LogP contribution in [0.5, 0.6) is 0 Å². The van der Waals surface area contributed by atoms with Gasteiger partial charge < -0.3 is 37.0 Å². The first-order valence-electron chi connectivity index (χ1n) is 9.74. The molecule has 0 spiro atoms. The highest BCUT2D eigenvalue weighted by Crippen LogP contribution is 2.06. The zero-order chi connectivity index (χ0) is 25.0. The van der Waals surface area contributed by atoms with Crippen molar-refractivity contribution in [3.63, 3.8) is 0 Å². The third-order valence-corrected chi connectivity index (χ3v) is 4.70. The van der Waals surface area contributed by atoms with E-state index >= 15 is 0 Å². The van der Waals surface area contributed by atoms with Crippen molar-refractivity contribution in [2.45, 2.75) is 63.7 Å². The van der Waals surface area contributed by atoms with E-state index < -0.39 is 72.1 Å². The van der Waals surface area contributed by atoms with Gasteiger partial charge in [-0.1, -0.05) is 13.8 Å². The first-order chi connectivity index (χ1) is 14.8. The number of carbonyl (C=O) groups is 6. The van der Waals surface area contributed by atoms with Gasteiger partial charge in [0.25, 0.3) is 0 Å². The first-order valence-corrected chi connectivity index (χ1v) is 10.4. The Kier molecular flexibility index (Phi) is 13.0. The van der Waals surface area contributed by atoms with Crippen molar-refractivity contribution in [3.05, 3.63) is 0 Å². The van der Waals surface area contributed by atoms with Gasteiger partial charge in [-0.25, -0.2) is 4.79 Å². The highest BCUT2D eigenvalue weighted by molar-refractivity contribution is 7.80. The lowest BCUT2D eigenvalue weighted by Gasteiger charge is -2.25. The molecule has 0 aromatic heterocycles. The Morgan fingerprint density at radius 3 is 1.69 bits per heavy atom. The fourth-order valence-electron chi connectivity index (χ4n) is 2.46. The molecule has 0 aliphatic rings. The van der Waals surface area contributed by atoms with Crippen LogP contribution in [-0.2, 0) is 28.8 Å². The lowest BCUT2D eigenvalue weighted by molar-refractivity contribution is -0.144. The van der Waals surface area contributed by atoms with E-state index in [1.165, 1.54) is 0 Å². The van der Waals surface area contributed by atoms with Gasteiger partial charge in [0.2, 0.25) is 17.7 Å². The number of hydrogen-bond donors (Lipinski definition) is 8. The first kappa shape index (κ1) is 29.1. The van der Waals surface area contributed by atoms with Crippen LogP contribution >= 0.6 is 12.6 Å². The van der Waals surface area contributed by atoms with E-state index in [4.69, 9.17) is 15.9 Å². The molecule has 0 saturated heterocycles. The average molecular weight is 479 g/mol. The Bertz CT molecular complexity index is 717. The number of carboxylic acid groups (broad SMARTS) is 3. The number of hydrogen-bond acceptors (Lipinski definition) is 8. The number of rotatable bonds is 15. The van der Waals surface area contributed by atoms with Crippen molar-refractivity contribution in [3.8, 4) is 0 Å². The van der Waals surface area contributed by atoms with Crippen molar-refractivity contribution >= 4 is 48.3 Å². The fourth-order valence-corrected chi connectivity index (χ4v) is 2.72. The molecule has 0 aromatic rings.